The van der Waals surface area contributed by atoms with Gasteiger partial charge in [0.25, 0.3) is 0 Å². The molecule has 0 radical (unpaired) electrons. The molecule has 21 heavy (non-hydrogen) atoms. The summed E-state index contributed by atoms with van der Waals surface area (Å²) in [6.45, 7) is 2.42. The van der Waals surface area contributed by atoms with Crippen molar-refractivity contribution < 1.29 is 9.47 Å². The molecule has 3 heterocycles. The molecule has 2 aromatic rings. The van der Waals surface area contributed by atoms with Crippen LogP contribution < -0.4 is 10.1 Å². The first-order chi connectivity index (χ1) is 10.4. The van der Waals surface area contributed by atoms with Crippen LogP contribution in [0.3, 0.4) is 0 Å². The number of aromatic nitrogens is 1. The fourth-order valence-electron chi connectivity index (χ4n) is 2.95. The Bertz CT molecular complexity index is 622. The fraction of sp³-hybridized carbons (Fsp3) is 0.438. The zero-order valence-corrected chi connectivity index (χ0v) is 12.6. The van der Waals surface area contributed by atoms with Gasteiger partial charge < -0.3 is 14.8 Å². The molecule has 1 saturated heterocycles. The monoisotopic (exact) mass is 302 g/mol. The first-order valence-corrected chi connectivity index (χ1v) is 8.29. The third-order valence-corrected chi connectivity index (χ3v) is 4.92. The molecule has 4 nitrogen and oxygen atoms in total. The SMILES string of the molecule is c1ccc2c(c1)OCCC2Nc1nc(C2CCOC2)cs1. The molecule has 0 aliphatic carbocycles. The molecule has 0 amide bonds. The summed E-state index contributed by atoms with van der Waals surface area (Å²) >= 11 is 1.69. The summed E-state index contributed by atoms with van der Waals surface area (Å²) < 4.78 is 11.1. The maximum atomic E-state index is 5.70. The molecule has 0 bridgehead atoms. The molecule has 1 fully saturated rings. The minimum absolute atomic E-state index is 0.286. The van der Waals surface area contributed by atoms with Crippen LogP contribution in [0.2, 0.25) is 0 Å². The van der Waals surface area contributed by atoms with E-state index in [1.807, 2.05) is 12.1 Å². The van der Waals surface area contributed by atoms with Gasteiger partial charge in [0, 0.05) is 29.9 Å². The Morgan fingerprint density at radius 3 is 3.05 bits per heavy atom. The summed E-state index contributed by atoms with van der Waals surface area (Å²) in [5.41, 5.74) is 2.39. The molecule has 1 N–H and O–H groups in total. The molecular formula is C16H18N2O2S. The summed E-state index contributed by atoms with van der Waals surface area (Å²) in [5, 5.41) is 6.73. The molecule has 4 rings (SSSR count). The van der Waals surface area contributed by atoms with Crippen LogP contribution in [-0.2, 0) is 4.74 Å². The number of para-hydroxylation sites is 1. The van der Waals surface area contributed by atoms with Crippen LogP contribution in [0.15, 0.2) is 29.6 Å². The maximum Gasteiger partial charge on any atom is 0.183 e. The summed E-state index contributed by atoms with van der Waals surface area (Å²) in [5.74, 6) is 1.46. The van der Waals surface area contributed by atoms with E-state index >= 15 is 0 Å². The van der Waals surface area contributed by atoms with Gasteiger partial charge in [-0.25, -0.2) is 4.98 Å². The Morgan fingerprint density at radius 2 is 2.14 bits per heavy atom. The summed E-state index contributed by atoms with van der Waals surface area (Å²) in [4.78, 5) is 4.75. The van der Waals surface area contributed by atoms with E-state index in [-0.39, 0.29) is 6.04 Å². The lowest BCUT2D eigenvalue weighted by atomic mass is 10.0. The number of anilines is 1. The van der Waals surface area contributed by atoms with Gasteiger partial charge in [-0.1, -0.05) is 18.2 Å². The topological polar surface area (TPSA) is 43.4 Å². The van der Waals surface area contributed by atoms with E-state index in [1.54, 1.807) is 11.3 Å². The molecule has 2 aliphatic heterocycles. The van der Waals surface area contributed by atoms with Crippen LogP contribution in [0.25, 0.3) is 0 Å². The van der Waals surface area contributed by atoms with Gasteiger partial charge in [0.2, 0.25) is 0 Å². The predicted molar refractivity (Wildman–Crippen MR) is 83.2 cm³/mol. The van der Waals surface area contributed by atoms with Gasteiger partial charge >= 0.3 is 0 Å². The lowest BCUT2D eigenvalue weighted by Gasteiger charge is -2.26. The van der Waals surface area contributed by atoms with Crippen molar-refractivity contribution in [1.82, 2.24) is 4.98 Å². The Morgan fingerprint density at radius 1 is 1.19 bits per heavy atom. The number of thiazole rings is 1. The number of nitrogens with zero attached hydrogens (tertiary/aromatic N) is 1. The van der Waals surface area contributed by atoms with Gasteiger partial charge in [-0.2, -0.15) is 0 Å². The fourth-order valence-corrected chi connectivity index (χ4v) is 3.79. The molecule has 2 unspecified atom stereocenters. The van der Waals surface area contributed by atoms with E-state index in [0.717, 1.165) is 43.5 Å². The molecule has 5 heteroatoms. The second kappa shape index (κ2) is 5.66. The minimum atomic E-state index is 0.286. The third-order valence-electron chi connectivity index (χ3n) is 4.13. The first-order valence-electron chi connectivity index (χ1n) is 7.41. The van der Waals surface area contributed by atoms with E-state index in [0.29, 0.717) is 5.92 Å². The van der Waals surface area contributed by atoms with Gasteiger partial charge in [0.1, 0.15) is 5.75 Å². The van der Waals surface area contributed by atoms with Gasteiger partial charge in [0.05, 0.1) is 24.9 Å². The molecule has 2 atom stereocenters. The van der Waals surface area contributed by atoms with Gasteiger partial charge in [-0.05, 0) is 12.5 Å². The average Bonchev–Trinajstić information content (AvgIpc) is 3.18. The number of rotatable bonds is 3. The second-order valence-corrected chi connectivity index (χ2v) is 6.37. The smallest absolute Gasteiger partial charge is 0.183 e. The lowest BCUT2D eigenvalue weighted by Crippen LogP contribution is -2.20. The molecule has 0 saturated carbocycles. The molecule has 1 aromatic heterocycles. The minimum Gasteiger partial charge on any atom is -0.493 e. The van der Waals surface area contributed by atoms with Crippen molar-refractivity contribution in [1.29, 1.82) is 0 Å². The third kappa shape index (κ3) is 2.63. The zero-order chi connectivity index (χ0) is 14.1. The molecule has 1 aromatic carbocycles. The summed E-state index contributed by atoms with van der Waals surface area (Å²) in [6, 6.07) is 8.53. The quantitative estimate of drug-likeness (QED) is 0.941. The molecule has 2 aliphatic rings. The number of fused-ring (bicyclic) bond motifs is 1. The van der Waals surface area contributed by atoms with E-state index in [1.165, 1.54) is 11.3 Å². The Kier molecular flexibility index (Phi) is 3.53. The lowest BCUT2D eigenvalue weighted by molar-refractivity contribution is 0.193. The maximum absolute atomic E-state index is 5.70. The highest BCUT2D eigenvalue weighted by atomic mass is 32.1. The molecule has 110 valence electrons. The van der Waals surface area contributed by atoms with Gasteiger partial charge in [0.15, 0.2) is 5.13 Å². The highest BCUT2D eigenvalue weighted by Gasteiger charge is 2.24. The van der Waals surface area contributed by atoms with Crippen LogP contribution in [0.1, 0.15) is 36.1 Å². The number of benzene rings is 1. The van der Waals surface area contributed by atoms with E-state index < -0.39 is 0 Å². The van der Waals surface area contributed by atoms with E-state index in [4.69, 9.17) is 14.5 Å². The standard InChI is InChI=1S/C16H18N2O2S/c1-2-4-15-12(3-1)13(6-8-20-15)17-16-18-14(10-21-16)11-5-7-19-9-11/h1-4,10-11,13H,5-9H2,(H,17,18). The van der Waals surface area contributed by atoms with Crippen LogP contribution in [0.5, 0.6) is 5.75 Å². The number of hydrogen-bond acceptors (Lipinski definition) is 5. The Labute approximate surface area is 128 Å². The normalized spacial score (nSPS) is 24.4. The van der Waals surface area contributed by atoms with Crippen molar-refractivity contribution in [3.63, 3.8) is 0 Å². The number of hydrogen-bond donors (Lipinski definition) is 1. The zero-order valence-electron chi connectivity index (χ0n) is 11.7. The first kappa shape index (κ1) is 13.1. The van der Waals surface area contributed by atoms with Crippen LogP contribution >= 0.6 is 11.3 Å². The molecular weight excluding hydrogens is 284 g/mol. The van der Waals surface area contributed by atoms with Gasteiger partial charge in [-0.3, -0.25) is 0 Å². The molecule has 0 spiro atoms. The van der Waals surface area contributed by atoms with Crippen molar-refractivity contribution in [2.45, 2.75) is 24.8 Å². The van der Waals surface area contributed by atoms with Crippen LogP contribution in [0, 0.1) is 0 Å². The Balaban J connectivity index is 1.51. The van der Waals surface area contributed by atoms with Crippen molar-refractivity contribution in [2.24, 2.45) is 0 Å². The van der Waals surface area contributed by atoms with Crippen LogP contribution in [-0.4, -0.2) is 24.8 Å². The highest BCUT2D eigenvalue weighted by Crippen LogP contribution is 2.35. The van der Waals surface area contributed by atoms with Crippen molar-refractivity contribution >= 4 is 16.5 Å². The summed E-state index contributed by atoms with van der Waals surface area (Å²) in [7, 11) is 0. The van der Waals surface area contributed by atoms with Crippen molar-refractivity contribution in [2.75, 3.05) is 25.1 Å². The average molecular weight is 302 g/mol. The van der Waals surface area contributed by atoms with Crippen LogP contribution in [0.4, 0.5) is 5.13 Å². The summed E-state index contributed by atoms with van der Waals surface area (Å²) in [6.07, 6.45) is 2.06. The number of nitrogens with one attached hydrogen (secondary N) is 1. The van der Waals surface area contributed by atoms with E-state index in [9.17, 15) is 0 Å². The van der Waals surface area contributed by atoms with E-state index in [2.05, 4.69) is 22.8 Å². The second-order valence-electron chi connectivity index (χ2n) is 5.51. The van der Waals surface area contributed by atoms with Crippen molar-refractivity contribution in [3.05, 3.63) is 40.9 Å². The number of ether oxygens (including phenoxy) is 2. The highest BCUT2D eigenvalue weighted by molar-refractivity contribution is 7.13. The van der Waals surface area contributed by atoms with Crippen molar-refractivity contribution in [3.8, 4) is 5.75 Å². The largest absolute Gasteiger partial charge is 0.493 e. The Hall–Kier alpha value is -1.59. The van der Waals surface area contributed by atoms with Gasteiger partial charge in [-0.15, -0.1) is 11.3 Å². The predicted octanol–water partition coefficient (Wildman–Crippen LogP) is 3.58.